The summed E-state index contributed by atoms with van der Waals surface area (Å²) in [7, 11) is 1.97. The lowest BCUT2D eigenvalue weighted by atomic mass is 10.1. The number of hydrogen-bond acceptors (Lipinski definition) is 3. The molecule has 3 heteroatoms. The Morgan fingerprint density at radius 2 is 1.57 bits per heavy atom. The number of para-hydroxylation sites is 1. The Morgan fingerprint density at radius 1 is 0.957 bits per heavy atom. The lowest BCUT2D eigenvalue weighted by molar-refractivity contribution is 1.13. The van der Waals surface area contributed by atoms with Crippen molar-refractivity contribution in [2.24, 2.45) is 0 Å². The van der Waals surface area contributed by atoms with Crippen molar-refractivity contribution >= 4 is 11.4 Å². The SMILES string of the molecule is Cc1nc(-c2ccccc2)cc(N(C)c2ccccc2)c1C#N. The number of nitriles is 1. The van der Waals surface area contributed by atoms with E-state index in [1.807, 2.05) is 85.6 Å². The molecule has 1 heterocycles. The normalized spacial score (nSPS) is 10.1. The molecule has 0 amide bonds. The van der Waals surface area contributed by atoms with Crippen LogP contribution in [0.15, 0.2) is 66.7 Å². The highest BCUT2D eigenvalue weighted by Crippen LogP contribution is 2.31. The molecule has 112 valence electrons. The van der Waals surface area contributed by atoms with E-state index in [0.29, 0.717) is 5.56 Å². The topological polar surface area (TPSA) is 39.9 Å². The number of rotatable bonds is 3. The molecule has 3 rings (SSSR count). The molecule has 0 radical (unpaired) electrons. The summed E-state index contributed by atoms with van der Waals surface area (Å²) < 4.78 is 0. The van der Waals surface area contributed by atoms with E-state index in [1.54, 1.807) is 0 Å². The second-order valence-electron chi connectivity index (χ2n) is 5.36. The summed E-state index contributed by atoms with van der Waals surface area (Å²) in [6.07, 6.45) is 0. The van der Waals surface area contributed by atoms with Gasteiger partial charge in [0, 0.05) is 18.3 Å². The van der Waals surface area contributed by atoms with E-state index in [1.165, 1.54) is 0 Å². The summed E-state index contributed by atoms with van der Waals surface area (Å²) in [5.41, 5.74) is 5.17. The van der Waals surface area contributed by atoms with Crippen molar-refractivity contribution in [3.63, 3.8) is 0 Å². The van der Waals surface area contributed by atoms with E-state index < -0.39 is 0 Å². The van der Waals surface area contributed by atoms with Crippen LogP contribution in [0.4, 0.5) is 11.4 Å². The van der Waals surface area contributed by atoms with Crippen molar-refractivity contribution < 1.29 is 0 Å². The number of pyridine rings is 1. The minimum atomic E-state index is 0.607. The highest BCUT2D eigenvalue weighted by molar-refractivity contribution is 5.75. The van der Waals surface area contributed by atoms with Crippen LogP contribution >= 0.6 is 0 Å². The van der Waals surface area contributed by atoms with Crippen molar-refractivity contribution in [1.82, 2.24) is 4.98 Å². The Balaban J connectivity index is 2.15. The smallest absolute Gasteiger partial charge is 0.103 e. The molecule has 0 N–H and O–H groups in total. The molecule has 0 saturated heterocycles. The van der Waals surface area contributed by atoms with Gasteiger partial charge in [-0.15, -0.1) is 0 Å². The fourth-order valence-corrected chi connectivity index (χ4v) is 2.61. The third kappa shape index (κ3) is 2.93. The van der Waals surface area contributed by atoms with Crippen LogP contribution in [0.3, 0.4) is 0 Å². The fourth-order valence-electron chi connectivity index (χ4n) is 2.61. The Hall–Kier alpha value is -3.12. The van der Waals surface area contributed by atoms with Gasteiger partial charge in [-0.2, -0.15) is 5.26 Å². The molecular weight excluding hydrogens is 282 g/mol. The summed E-state index contributed by atoms with van der Waals surface area (Å²) in [6, 6.07) is 24.3. The van der Waals surface area contributed by atoms with Crippen LogP contribution in [0.25, 0.3) is 11.3 Å². The largest absolute Gasteiger partial charge is 0.343 e. The van der Waals surface area contributed by atoms with Crippen LogP contribution in [0, 0.1) is 18.3 Å². The summed E-state index contributed by atoms with van der Waals surface area (Å²) in [5.74, 6) is 0. The Morgan fingerprint density at radius 3 is 2.17 bits per heavy atom. The summed E-state index contributed by atoms with van der Waals surface area (Å²) >= 11 is 0. The lowest BCUT2D eigenvalue weighted by Gasteiger charge is -2.22. The van der Waals surface area contributed by atoms with Gasteiger partial charge < -0.3 is 4.90 Å². The number of benzene rings is 2. The van der Waals surface area contributed by atoms with Crippen LogP contribution in [0.2, 0.25) is 0 Å². The quantitative estimate of drug-likeness (QED) is 0.704. The van der Waals surface area contributed by atoms with Crippen molar-refractivity contribution in [1.29, 1.82) is 5.26 Å². The van der Waals surface area contributed by atoms with Gasteiger partial charge >= 0.3 is 0 Å². The molecule has 2 aromatic carbocycles. The zero-order valence-corrected chi connectivity index (χ0v) is 13.2. The molecule has 0 aliphatic heterocycles. The van der Waals surface area contributed by atoms with E-state index in [9.17, 15) is 5.26 Å². The number of aryl methyl sites for hydroxylation is 1. The molecule has 3 aromatic rings. The number of anilines is 2. The minimum absolute atomic E-state index is 0.607. The van der Waals surface area contributed by atoms with Gasteiger partial charge in [0.1, 0.15) is 6.07 Å². The van der Waals surface area contributed by atoms with Crippen molar-refractivity contribution in [3.8, 4) is 17.3 Å². The summed E-state index contributed by atoms with van der Waals surface area (Å²) in [6.45, 7) is 1.88. The molecule has 23 heavy (non-hydrogen) atoms. The predicted molar refractivity (Wildman–Crippen MR) is 93.6 cm³/mol. The molecule has 0 bridgehead atoms. The van der Waals surface area contributed by atoms with E-state index in [0.717, 1.165) is 28.3 Å². The first kappa shape index (κ1) is 14.8. The molecule has 0 atom stereocenters. The van der Waals surface area contributed by atoms with Crippen molar-refractivity contribution in [2.45, 2.75) is 6.92 Å². The Bertz CT molecular complexity index is 849. The molecule has 0 unspecified atom stereocenters. The molecule has 0 saturated carbocycles. The Labute approximate surface area is 136 Å². The molecule has 0 aliphatic carbocycles. The molecule has 0 fully saturated rings. The minimum Gasteiger partial charge on any atom is -0.343 e. The predicted octanol–water partition coefficient (Wildman–Crippen LogP) is 4.70. The zero-order chi connectivity index (χ0) is 16.2. The second kappa shape index (κ2) is 6.33. The van der Waals surface area contributed by atoms with Crippen LogP contribution < -0.4 is 4.90 Å². The van der Waals surface area contributed by atoms with Gasteiger partial charge in [0.15, 0.2) is 0 Å². The monoisotopic (exact) mass is 299 g/mol. The van der Waals surface area contributed by atoms with E-state index >= 15 is 0 Å². The zero-order valence-electron chi connectivity index (χ0n) is 13.2. The second-order valence-corrected chi connectivity index (χ2v) is 5.36. The molecular formula is C20H17N3. The lowest BCUT2D eigenvalue weighted by Crippen LogP contribution is -2.12. The van der Waals surface area contributed by atoms with Gasteiger partial charge in [0.2, 0.25) is 0 Å². The average Bonchev–Trinajstić information content (AvgIpc) is 2.62. The fraction of sp³-hybridized carbons (Fsp3) is 0.100. The molecule has 1 aromatic heterocycles. The number of hydrogen-bond donors (Lipinski definition) is 0. The van der Waals surface area contributed by atoms with Gasteiger partial charge in [0.05, 0.1) is 22.6 Å². The van der Waals surface area contributed by atoms with Crippen molar-refractivity contribution in [3.05, 3.63) is 78.0 Å². The standard InChI is InChI=1S/C20H17N3/c1-15-18(14-21)20(23(2)17-11-7-4-8-12-17)13-19(22-15)16-9-5-3-6-10-16/h3-13H,1-2H3. The Kier molecular flexibility index (Phi) is 4.07. The van der Waals surface area contributed by atoms with Gasteiger partial charge in [-0.25, -0.2) is 0 Å². The first-order chi connectivity index (χ1) is 11.2. The highest BCUT2D eigenvalue weighted by Gasteiger charge is 2.15. The van der Waals surface area contributed by atoms with Crippen LogP contribution in [-0.2, 0) is 0 Å². The van der Waals surface area contributed by atoms with E-state index in [2.05, 4.69) is 11.1 Å². The number of aromatic nitrogens is 1. The first-order valence-corrected chi connectivity index (χ1v) is 7.46. The third-order valence-corrected chi connectivity index (χ3v) is 3.87. The van der Waals surface area contributed by atoms with Crippen LogP contribution in [0.5, 0.6) is 0 Å². The highest BCUT2D eigenvalue weighted by atomic mass is 15.1. The van der Waals surface area contributed by atoms with E-state index in [-0.39, 0.29) is 0 Å². The first-order valence-electron chi connectivity index (χ1n) is 7.46. The van der Waals surface area contributed by atoms with Crippen LogP contribution in [0.1, 0.15) is 11.3 Å². The van der Waals surface area contributed by atoms with Gasteiger partial charge in [-0.05, 0) is 25.1 Å². The summed E-state index contributed by atoms with van der Waals surface area (Å²) in [5, 5.41) is 9.54. The van der Waals surface area contributed by atoms with Crippen molar-refractivity contribution in [2.75, 3.05) is 11.9 Å². The average molecular weight is 299 g/mol. The van der Waals surface area contributed by atoms with E-state index in [4.69, 9.17) is 0 Å². The molecule has 0 spiro atoms. The maximum Gasteiger partial charge on any atom is 0.103 e. The maximum atomic E-state index is 9.54. The van der Waals surface area contributed by atoms with Gasteiger partial charge in [-0.1, -0.05) is 48.5 Å². The molecule has 3 nitrogen and oxygen atoms in total. The maximum absolute atomic E-state index is 9.54. The van der Waals surface area contributed by atoms with Crippen LogP contribution in [-0.4, -0.2) is 12.0 Å². The molecule has 0 aliphatic rings. The summed E-state index contributed by atoms with van der Waals surface area (Å²) in [4.78, 5) is 6.63. The number of nitrogens with zero attached hydrogens (tertiary/aromatic N) is 3. The third-order valence-electron chi connectivity index (χ3n) is 3.87. The van der Waals surface area contributed by atoms with Gasteiger partial charge in [-0.3, -0.25) is 4.98 Å². The van der Waals surface area contributed by atoms with Gasteiger partial charge in [0.25, 0.3) is 0 Å².